The monoisotopic (exact) mass is 463 g/mol. The number of rotatable bonds is 7. The van der Waals surface area contributed by atoms with E-state index in [2.05, 4.69) is 10.3 Å². The molecule has 1 fully saturated rings. The summed E-state index contributed by atoms with van der Waals surface area (Å²) >= 11 is 5.94. The number of likely N-dealkylation sites (tertiary alicyclic amines) is 1. The number of piperidine rings is 1. The van der Waals surface area contributed by atoms with E-state index in [1.165, 1.54) is 0 Å². The molecule has 1 saturated heterocycles. The van der Waals surface area contributed by atoms with Crippen LogP contribution in [0.2, 0.25) is 5.02 Å². The van der Waals surface area contributed by atoms with Crippen molar-refractivity contribution in [3.8, 4) is 5.75 Å². The largest absolute Gasteiger partial charge is 0.488 e. The topological polar surface area (TPSA) is 71.5 Å². The van der Waals surface area contributed by atoms with Crippen molar-refractivity contribution in [2.75, 3.05) is 13.1 Å². The van der Waals surface area contributed by atoms with Gasteiger partial charge in [-0.25, -0.2) is 0 Å². The number of aromatic nitrogens is 1. The van der Waals surface area contributed by atoms with Crippen molar-refractivity contribution in [2.45, 2.75) is 26.0 Å². The summed E-state index contributed by atoms with van der Waals surface area (Å²) in [6.07, 6.45) is 4.73. The van der Waals surface area contributed by atoms with Gasteiger partial charge < -0.3 is 15.0 Å². The Bertz CT molecular complexity index is 1080. The normalized spacial score (nSPS) is 14.0. The minimum Gasteiger partial charge on any atom is -0.488 e. The van der Waals surface area contributed by atoms with E-state index in [-0.39, 0.29) is 17.7 Å². The van der Waals surface area contributed by atoms with Gasteiger partial charge in [-0.2, -0.15) is 0 Å². The summed E-state index contributed by atoms with van der Waals surface area (Å²) in [4.78, 5) is 31.6. The van der Waals surface area contributed by atoms with Crippen LogP contribution < -0.4 is 10.1 Å². The Labute approximate surface area is 198 Å². The second-order valence-corrected chi connectivity index (χ2v) is 8.49. The first-order valence-electron chi connectivity index (χ1n) is 11.0. The lowest BCUT2D eigenvalue weighted by Gasteiger charge is -2.31. The van der Waals surface area contributed by atoms with E-state index in [1.54, 1.807) is 23.4 Å². The molecule has 1 aliphatic heterocycles. The molecular weight excluding hydrogens is 438 g/mol. The van der Waals surface area contributed by atoms with Crippen molar-refractivity contribution in [1.29, 1.82) is 0 Å². The molecule has 3 aromatic rings. The van der Waals surface area contributed by atoms with Crippen molar-refractivity contribution in [3.63, 3.8) is 0 Å². The van der Waals surface area contributed by atoms with E-state index in [4.69, 9.17) is 16.3 Å². The fourth-order valence-electron chi connectivity index (χ4n) is 3.86. The second-order valence-electron chi connectivity index (χ2n) is 8.06. The highest BCUT2D eigenvalue weighted by Gasteiger charge is 2.28. The molecule has 2 amide bonds. The number of nitrogens with one attached hydrogen (secondary N) is 1. The number of amides is 2. The maximum absolute atomic E-state index is 13.2. The molecule has 1 aromatic heterocycles. The highest BCUT2D eigenvalue weighted by atomic mass is 35.5. The van der Waals surface area contributed by atoms with Gasteiger partial charge in [-0.3, -0.25) is 14.6 Å². The number of benzene rings is 2. The van der Waals surface area contributed by atoms with Crippen LogP contribution in [0.1, 0.15) is 34.3 Å². The standard InChI is InChI=1S/C26H26ClN3O3/c27-22-9-7-19(8-10-22)18-33-24-6-2-1-5-23(24)26(32)30-14-11-21(12-15-30)25(31)29-17-20-4-3-13-28-16-20/h1-10,13,16,21H,11-12,14-15,17-18H2,(H,29,31). The zero-order valence-electron chi connectivity index (χ0n) is 18.2. The Morgan fingerprint density at radius 1 is 1.00 bits per heavy atom. The molecule has 1 N–H and O–H groups in total. The summed E-state index contributed by atoms with van der Waals surface area (Å²) in [5.41, 5.74) is 2.47. The van der Waals surface area contributed by atoms with Crippen LogP contribution in [0.4, 0.5) is 0 Å². The van der Waals surface area contributed by atoms with Gasteiger partial charge in [0, 0.05) is 43.0 Å². The van der Waals surface area contributed by atoms with Gasteiger partial charge >= 0.3 is 0 Å². The van der Waals surface area contributed by atoms with Gasteiger partial charge in [-0.05, 0) is 54.3 Å². The Kier molecular flexibility index (Phi) is 7.58. The third-order valence-electron chi connectivity index (χ3n) is 5.77. The highest BCUT2D eigenvalue weighted by Crippen LogP contribution is 2.25. The first-order chi connectivity index (χ1) is 16.1. The van der Waals surface area contributed by atoms with E-state index in [0.717, 1.165) is 11.1 Å². The molecule has 0 unspecified atom stereocenters. The molecule has 2 heterocycles. The molecule has 0 saturated carbocycles. The van der Waals surface area contributed by atoms with Crippen LogP contribution in [0.3, 0.4) is 0 Å². The van der Waals surface area contributed by atoms with Crippen molar-refractivity contribution in [3.05, 3.63) is 94.8 Å². The van der Waals surface area contributed by atoms with Crippen molar-refractivity contribution in [2.24, 2.45) is 5.92 Å². The predicted molar refractivity (Wildman–Crippen MR) is 127 cm³/mol. The van der Waals surface area contributed by atoms with Crippen LogP contribution in [0, 0.1) is 5.92 Å². The van der Waals surface area contributed by atoms with Gasteiger partial charge in [0.05, 0.1) is 5.56 Å². The maximum Gasteiger partial charge on any atom is 0.257 e. The lowest BCUT2D eigenvalue weighted by molar-refractivity contribution is -0.126. The molecule has 2 aromatic carbocycles. The molecule has 7 heteroatoms. The van der Waals surface area contributed by atoms with Crippen LogP contribution >= 0.6 is 11.6 Å². The number of ether oxygens (including phenoxy) is 1. The molecule has 33 heavy (non-hydrogen) atoms. The first-order valence-corrected chi connectivity index (χ1v) is 11.4. The zero-order valence-corrected chi connectivity index (χ0v) is 19.0. The fraction of sp³-hybridized carbons (Fsp3) is 0.269. The van der Waals surface area contributed by atoms with Crippen molar-refractivity contribution in [1.82, 2.24) is 15.2 Å². The third kappa shape index (κ3) is 6.11. The Hall–Kier alpha value is -3.38. The lowest BCUT2D eigenvalue weighted by atomic mass is 9.95. The lowest BCUT2D eigenvalue weighted by Crippen LogP contribution is -2.43. The first kappa shape index (κ1) is 22.8. The summed E-state index contributed by atoms with van der Waals surface area (Å²) in [5, 5.41) is 3.65. The number of para-hydroxylation sites is 1. The number of carbonyl (C=O) groups is 2. The fourth-order valence-corrected chi connectivity index (χ4v) is 3.99. The quantitative estimate of drug-likeness (QED) is 0.560. The predicted octanol–water partition coefficient (Wildman–Crippen LogP) is 4.48. The minimum atomic E-state index is -0.0953. The van der Waals surface area contributed by atoms with Gasteiger partial charge in [0.15, 0.2) is 0 Å². The molecule has 6 nitrogen and oxygen atoms in total. The zero-order chi connectivity index (χ0) is 23.0. The van der Waals surface area contributed by atoms with E-state index in [9.17, 15) is 9.59 Å². The summed E-state index contributed by atoms with van der Waals surface area (Å²) in [5.74, 6) is 0.407. The van der Waals surface area contributed by atoms with Gasteiger partial charge in [0.2, 0.25) is 5.91 Å². The van der Waals surface area contributed by atoms with E-state index in [1.807, 2.05) is 54.6 Å². The average Bonchev–Trinajstić information content (AvgIpc) is 2.87. The smallest absolute Gasteiger partial charge is 0.257 e. The van der Waals surface area contributed by atoms with Crippen molar-refractivity contribution >= 4 is 23.4 Å². The number of carbonyl (C=O) groups excluding carboxylic acids is 2. The SMILES string of the molecule is O=C(NCc1cccnc1)C1CCN(C(=O)c2ccccc2OCc2ccc(Cl)cc2)CC1. The minimum absolute atomic E-state index is 0.0256. The van der Waals surface area contributed by atoms with E-state index < -0.39 is 0 Å². The number of halogens is 1. The molecule has 1 aliphatic rings. The molecule has 0 atom stereocenters. The van der Waals surface area contributed by atoms with Crippen LogP contribution in [-0.4, -0.2) is 34.8 Å². The molecule has 170 valence electrons. The molecular formula is C26H26ClN3O3. The number of nitrogens with zero attached hydrogens (tertiary/aromatic N) is 2. The molecule has 0 aliphatic carbocycles. The molecule has 0 spiro atoms. The van der Waals surface area contributed by atoms with E-state index in [0.29, 0.717) is 55.4 Å². The summed E-state index contributed by atoms with van der Waals surface area (Å²) in [7, 11) is 0. The number of hydrogen-bond donors (Lipinski definition) is 1. The van der Waals surface area contributed by atoms with E-state index >= 15 is 0 Å². The summed E-state index contributed by atoms with van der Waals surface area (Å²) in [6.45, 7) is 1.88. The number of hydrogen-bond acceptors (Lipinski definition) is 4. The molecule has 0 bridgehead atoms. The molecule has 0 radical (unpaired) electrons. The average molecular weight is 464 g/mol. The second kappa shape index (κ2) is 11.0. The van der Waals surface area contributed by atoms with Crippen molar-refractivity contribution < 1.29 is 14.3 Å². The van der Waals surface area contributed by atoms with Crippen LogP contribution in [-0.2, 0) is 17.9 Å². The maximum atomic E-state index is 13.2. The van der Waals surface area contributed by atoms with Gasteiger partial charge in [0.25, 0.3) is 5.91 Å². The highest BCUT2D eigenvalue weighted by molar-refractivity contribution is 6.30. The third-order valence-corrected chi connectivity index (χ3v) is 6.02. The van der Waals surface area contributed by atoms with Gasteiger partial charge in [0.1, 0.15) is 12.4 Å². The Balaban J connectivity index is 1.31. The van der Waals surface area contributed by atoms with Crippen LogP contribution in [0.15, 0.2) is 73.1 Å². The number of pyridine rings is 1. The van der Waals surface area contributed by atoms with Gasteiger partial charge in [-0.15, -0.1) is 0 Å². The van der Waals surface area contributed by atoms with Gasteiger partial charge in [-0.1, -0.05) is 41.9 Å². The van der Waals surface area contributed by atoms with Crippen LogP contribution in [0.5, 0.6) is 5.75 Å². The van der Waals surface area contributed by atoms with Crippen LogP contribution in [0.25, 0.3) is 0 Å². The Morgan fingerprint density at radius 2 is 1.76 bits per heavy atom. The summed E-state index contributed by atoms with van der Waals surface area (Å²) in [6, 6.07) is 18.5. The Morgan fingerprint density at radius 3 is 2.48 bits per heavy atom. The summed E-state index contributed by atoms with van der Waals surface area (Å²) < 4.78 is 5.95. The molecule has 4 rings (SSSR count).